The van der Waals surface area contributed by atoms with Crippen LogP contribution in [0.25, 0.3) is 11.1 Å². The van der Waals surface area contributed by atoms with Gasteiger partial charge < -0.3 is 9.47 Å². The third-order valence-electron chi connectivity index (χ3n) is 3.44. The molecule has 2 nitrogen and oxygen atoms in total. The molecule has 0 radical (unpaired) electrons. The van der Waals surface area contributed by atoms with Crippen LogP contribution in [0, 0.1) is 24.3 Å². The summed E-state index contributed by atoms with van der Waals surface area (Å²) in [7, 11) is 3.41. The molecule has 0 aliphatic rings. The van der Waals surface area contributed by atoms with E-state index >= 15 is 0 Å². The lowest BCUT2D eigenvalue weighted by Gasteiger charge is -2.18. The second-order valence-electron chi connectivity index (χ2n) is 4.93. The van der Waals surface area contributed by atoms with Gasteiger partial charge in [-0.1, -0.05) is 17.7 Å². The number of aryl methyl sites for hydroxylation is 3. The van der Waals surface area contributed by atoms with E-state index in [9.17, 15) is 0 Å². The van der Waals surface area contributed by atoms with Crippen LogP contribution in [0.1, 0.15) is 16.7 Å². The van der Waals surface area contributed by atoms with Crippen molar-refractivity contribution in [2.75, 3.05) is 14.2 Å². The first-order valence-corrected chi connectivity index (χ1v) is 7.56. The van der Waals surface area contributed by atoms with Crippen molar-refractivity contribution in [2.45, 2.75) is 20.8 Å². The molecule has 2 rings (SSSR count). The molecule has 0 saturated carbocycles. The molecule has 0 atom stereocenters. The Hall–Kier alpha value is -1.23. The fraction of sp³-hybridized carbons (Fsp3) is 0.294. The molecular formula is C17H19IO2. The molecule has 0 aromatic heterocycles. The van der Waals surface area contributed by atoms with Crippen molar-refractivity contribution in [2.24, 2.45) is 0 Å². The van der Waals surface area contributed by atoms with Gasteiger partial charge in [0.15, 0.2) is 0 Å². The molecule has 0 unspecified atom stereocenters. The summed E-state index contributed by atoms with van der Waals surface area (Å²) in [5, 5.41) is 0. The highest BCUT2D eigenvalue weighted by molar-refractivity contribution is 14.1. The van der Waals surface area contributed by atoms with Gasteiger partial charge in [-0.3, -0.25) is 0 Å². The van der Waals surface area contributed by atoms with Crippen LogP contribution in [0.3, 0.4) is 0 Å². The van der Waals surface area contributed by atoms with Crippen LogP contribution in [-0.2, 0) is 0 Å². The van der Waals surface area contributed by atoms with E-state index in [1.165, 1.54) is 22.3 Å². The van der Waals surface area contributed by atoms with E-state index in [2.05, 4.69) is 55.5 Å². The van der Waals surface area contributed by atoms with Crippen LogP contribution in [0.4, 0.5) is 0 Å². The van der Waals surface area contributed by atoms with Gasteiger partial charge in [-0.2, -0.15) is 0 Å². The summed E-state index contributed by atoms with van der Waals surface area (Å²) in [5.74, 6) is 1.76. The predicted octanol–water partition coefficient (Wildman–Crippen LogP) is 4.90. The number of ether oxygens (including phenoxy) is 2. The predicted molar refractivity (Wildman–Crippen MR) is 91.9 cm³/mol. The summed E-state index contributed by atoms with van der Waals surface area (Å²) < 4.78 is 12.1. The Balaban J connectivity index is 2.81. The van der Waals surface area contributed by atoms with Crippen molar-refractivity contribution >= 4 is 22.6 Å². The van der Waals surface area contributed by atoms with Crippen LogP contribution in [0.2, 0.25) is 0 Å². The van der Waals surface area contributed by atoms with Gasteiger partial charge >= 0.3 is 0 Å². The summed E-state index contributed by atoms with van der Waals surface area (Å²) in [6.07, 6.45) is 0. The Morgan fingerprint density at radius 2 is 1.30 bits per heavy atom. The van der Waals surface area contributed by atoms with Crippen molar-refractivity contribution in [1.29, 1.82) is 0 Å². The Kier molecular flexibility index (Phi) is 4.58. The van der Waals surface area contributed by atoms with E-state index in [-0.39, 0.29) is 0 Å². The fourth-order valence-corrected chi connectivity index (χ4v) is 3.61. The molecule has 0 bridgehead atoms. The molecule has 2 aromatic rings. The van der Waals surface area contributed by atoms with Crippen LogP contribution < -0.4 is 9.47 Å². The topological polar surface area (TPSA) is 18.5 Å². The number of benzene rings is 2. The van der Waals surface area contributed by atoms with Crippen LogP contribution >= 0.6 is 22.6 Å². The van der Waals surface area contributed by atoms with Crippen molar-refractivity contribution in [3.63, 3.8) is 0 Å². The van der Waals surface area contributed by atoms with Gasteiger partial charge in [-0.15, -0.1) is 0 Å². The second kappa shape index (κ2) is 6.04. The molecule has 0 spiro atoms. The average molecular weight is 382 g/mol. The van der Waals surface area contributed by atoms with Crippen LogP contribution in [0.15, 0.2) is 24.3 Å². The van der Waals surface area contributed by atoms with Crippen molar-refractivity contribution in [1.82, 2.24) is 0 Å². The number of hydrogen-bond donors (Lipinski definition) is 0. The van der Waals surface area contributed by atoms with Crippen molar-refractivity contribution in [3.05, 3.63) is 44.5 Å². The SMILES string of the molecule is COc1ccc(OC)c(-c2c(C)cc(C)cc2C)c1I. The minimum atomic E-state index is 0.876. The van der Waals surface area contributed by atoms with Gasteiger partial charge in [0, 0.05) is 5.56 Å². The fourth-order valence-electron chi connectivity index (χ4n) is 2.67. The molecule has 0 N–H and O–H groups in total. The first kappa shape index (κ1) is 15.2. The molecule has 0 amide bonds. The van der Waals surface area contributed by atoms with Crippen molar-refractivity contribution < 1.29 is 9.47 Å². The lowest BCUT2D eigenvalue weighted by molar-refractivity contribution is 0.402. The zero-order valence-electron chi connectivity index (χ0n) is 12.5. The third kappa shape index (κ3) is 2.64. The largest absolute Gasteiger partial charge is 0.496 e. The molecule has 106 valence electrons. The van der Waals surface area contributed by atoms with E-state index in [4.69, 9.17) is 9.47 Å². The average Bonchev–Trinajstić information content (AvgIpc) is 2.39. The molecule has 0 fully saturated rings. The van der Waals surface area contributed by atoms with Gasteiger partial charge in [0.25, 0.3) is 0 Å². The molecular weight excluding hydrogens is 363 g/mol. The maximum absolute atomic E-state index is 5.56. The highest BCUT2D eigenvalue weighted by Gasteiger charge is 2.18. The van der Waals surface area contributed by atoms with Gasteiger partial charge in [-0.25, -0.2) is 0 Å². The molecule has 20 heavy (non-hydrogen) atoms. The zero-order chi connectivity index (χ0) is 14.9. The minimum Gasteiger partial charge on any atom is -0.496 e. The first-order chi connectivity index (χ1) is 9.49. The van der Waals surface area contributed by atoms with E-state index in [0.717, 1.165) is 20.6 Å². The van der Waals surface area contributed by atoms with E-state index in [0.29, 0.717) is 0 Å². The zero-order valence-corrected chi connectivity index (χ0v) is 14.7. The number of rotatable bonds is 3. The molecule has 2 aromatic carbocycles. The smallest absolute Gasteiger partial charge is 0.133 e. The summed E-state index contributed by atoms with van der Waals surface area (Å²) in [6.45, 7) is 6.41. The maximum Gasteiger partial charge on any atom is 0.133 e. The second-order valence-corrected chi connectivity index (χ2v) is 6.01. The molecule has 0 heterocycles. The summed E-state index contributed by atoms with van der Waals surface area (Å²) in [5.41, 5.74) is 6.14. The number of halogens is 1. The van der Waals surface area contributed by atoms with Gasteiger partial charge in [0.05, 0.1) is 17.8 Å². The maximum atomic E-state index is 5.56. The quantitative estimate of drug-likeness (QED) is 0.703. The van der Waals surface area contributed by atoms with E-state index in [1.807, 2.05) is 12.1 Å². The first-order valence-electron chi connectivity index (χ1n) is 6.48. The monoisotopic (exact) mass is 382 g/mol. The Bertz CT molecular complexity index is 625. The van der Waals surface area contributed by atoms with Crippen LogP contribution in [-0.4, -0.2) is 14.2 Å². The molecule has 0 saturated heterocycles. The van der Waals surface area contributed by atoms with E-state index in [1.54, 1.807) is 14.2 Å². The summed E-state index contributed by atoms with van der Waals surface area (Å²) in [6, 6.07) is 8.33. The lowest BCUT2D eigenvalue weighted by atomic mass is 9.93. The number of hydrogen-bond acceptors (Lipinski definition) is 2. The molecule has 0 aliphatic carbocycles. The van der Waals surface area contributed by atoms with Gasteiger partial charge in [-0.05, 0) is 72.2 Å². The molecule has 3 heteroatoms. The third-order valence-corrected chi connectivity index (χ3v) is 4.51. The van der Waals surface area contributed by atoms with E-state index < -0.39 is 0 Å². The van der Waals surface area contributed by atoms with Gasteiger partial charge in [0.2, 0.25) is 0 Å². The van der Waals surface area contributed by atoms with Crippen molar-refractivity contribution in [3.8, 4) is 22.6 Å². The Morgan fingerprint density at radius 1 is 0.800 bits per heavy atom. The minimum absolute atomic E-state index is 0.876. The normalized spacial score (nSPS) is 10.5. The highest BCUT2D eigenvalue weighted by atomic mass is 127. The summed E-state index contributed by atoms with van der Waals surface area (Å²) >= 11 is 2.33. The van der Waals surface area contributed by atoms with Gasteiger partial charge in [0.1, 0.15) is 11.5 Å². The highest BCUT2D eigenvalue weighted by Crippen LogP contribution is 2.42. The Morgan fingerprint density at radius 3 is 1.80 bits per heavy atom. The Labute approximate surface area is 134 Å². The standard InChI is InChI=1S/C17H19IO2/c1-10-8-11(2)15(12(3)9-10)16-13(19-4)6-7-14(20-5)17(16)18/h6-9H,1-5H3. The number of methoxy groups -OCH3 is 2. The lowest BCUT2D eigenvalue weighted by Crippen LogP contribution is -1.98. The molecule has 0 aliphatic heterocycles. The summed E-state index contributed by atoms with van der Waals surface area (Å²) in [4.78, 5) is 0. The van der Waals surface area contributed by atoms with Crippen LogP contribution in [0.5, 0.6) is 11.5 Å².